The maximum atomic E-state index is 12.7. The molecule has 3 N–H and O–H groups in total. The van der Waals surface area contributed by atoms with Crippen molar-refractivity contribution in [2.24, 2.45) is 0 Å². The molecule has 1 fully saturated rings. The first-order valence-corrected chi connectivity index (χ1v) is 14.6. The van der Waals surface area contributed by atoms with Crippen molar-refractivity contribution in [2.45, 2.75) is 16.2 Å². The van der Waals surface area contributed by atoms with E-state index in [-0.39, 0.29) is 46.2 Å². The van der Waals surface area contributed by atoms with Crippen LogP contribution in [0.4, 0.5) is 16.5 Å². The van der Waals surface area contributed by atoms with Crippen LogP contribution >= 0.6 is 23.1 Å². The summed E-state index contributed by atoms with van der Waals surface area (Å²) in [4.78, 5) is 36.2. The van der Waals surface area contributed by atoms with E-state index in [1.165, 1.54) is 35.5 Å². The Balaban J connectivity index is 1.28. The van der Waals surface area contributed by atoms with Gasteiger partial charge in [0.25, 0.3) is 5.91 Å². The van der Waals surface area contributed by atoms with Gasteiger partial charge in [0, 0.05) is 37.0 Å². The van der Waals surface area contributed by atoms with Crippen LogP contribution in [-0.2, 0) is 24.3 Å². The average Bonchev–Trinajstić information content (AvgIpc) is 3.35. The SMILES string of the molecule is CC(=O)Nc1cccc(NC(=O)CSc2nnc(NC(=O)c3ccc(S(=O)(=O)N4CCOCC4)cc3)s2)c1. The molecule has 0 atom stereocenters. The van der Waals surface area contributed by atoms with E-state index in [0.29, 0.717) is 28.9 Å². The van der Waals surface area contributed by atoms with Crippen LogP contribution in [-0.4, -0.2) is 72.7 Å². The lowest BCUT2D eigenvalue weighted by atomic mass is 10.2. The number of anilines is 3. The number of aromatic nitrogens is 2. The number of hydrogen-bond acceptors (Lipinski definition) is 10. The third-order valence-corrected chi connectivity index (χ3v) is 9.03. The summed E-state index contributed by atoms with van der Waals surface area (Å²) >= 11 is 2.26. The van der Waals surface area contributed by atoms with Gasteiger partial charge in [0.15, 0.2) is 4.34 Å². The Morgan fingerprint density at radius 3 is 2.37 bits per heavy atom. The number of nitrogens with one attached hydrogen (secondary N) is 3. The minimum absolute atomic E-state index is 0.0615. The fourth-order valence-electron chi connectivity index (χ4n) is 3.40. The Morgan fingerprint density at radius 2 is 1.68 bits per heavy atom. The Kier molecular flexibility index (Phi) is 9.06. The van der Waals surface area contributed by atoms with Crippen molar-refractivity contribution in [1.82, 2.24) is 14.5 Å². The molecule has 3 aromatic rings. The van der Waals surface area contributed by atoms with E-state index in [9.17, 15) is 22.8 Å². The molecule has 2 heterocycles. The summed E-state index contributed by atoms with van der Waals surface area (Å²) in [5.74, 6) is -0.893. The van der Waals surface area contributed by atoms with Gasteiger partial charge in [-0.3, -0.25) is 19.7 Å². The molecule has 0 aliphatic carbocycles. The lowest BCUT2D eigenvalue weighted by Crippen LogP contribution is -2.40. The molecule has 2 aromatic carbocycles. The van der Waals surface area contributed by atoms with Crippen LogP contribution in [0.5, 0.6) is 0 Å². The van der Waals surface area contributed by atoms with E-state index in [2.05, 4.69) is 26.1 Å². The third kappa shape index (κ3) is 7.35. The van der Waals surface area contributed by atoms with Gasteiger partial charge in [0.05, 0.1) is 23.9 Å². The highest BCUT2D eigenvalue weighted by Gasteiger charge is 2.26. The summed E-state index contributed by atoms with van der Waals surface area (Å²) in [5.41, 5.74) is 1.37. The Morgan fingerprint density at radius 1 is 1.00 bits per heavy atom. The second-order valence-corrected chi connectivity index (χ2v) is 12.1. The Hall–Kier alpha value is -3.37. The van der Waals surface area contributed by atoms with E-state index >= 15 is 0 Å². The number of amides is 3. The second kappa shape index (κ2) is 12.4. The van der Waals surface area contributed by atoms with Crippen LogP contribution in [0.25, 0.3) is 0 Å². The van der Waals surface area contributed by atoms with Crippen molar-refractivity contribution >= 4 is 67.3 Å². The molecule has 1 saturated heterocycles. The van der Waals surface area contributed by atoms with Crippen molar-refractivity contribution in [1.29, 1.82) is 0 Å². The van der Waals surface area contributed by atoms with Crippen LogP contribution < -0.4 is 16.0 Å². The summed E-state index contributed by atoms with van der Waals surface area (Å²) in [6.45, 7) is 2.67. The molecular formula is C23H24N6O6S3. The van der Waals surface area contributed by atoms with Gasteiger partial charge in [-0.15, -0.1) is 10.2 Å². The van der Waals surface area contributed by atoms with Crippen LogP contribution in [0.1, 0.15) is 17.3 Å². The molecule has 38 heavy (non-hydrogen) atoms. The van der Waals surface area contributed by atoms with Crippen LogP contribution in [0.3, 0.4) is 0 Å². The molecule has 3 amide bonds. The highest BCUT2D eigenvalue weighted by molar-refractivity contribution is 8.01. The normalized spacial score (nSPS) is 14.0. The highest BCUT2D eigenvalue weighted by atomic mass is 32.2. The van der Waals surface area contributed by atoms with Crippen molar-refractivity contribution in [3.63, 3.8) is 0 Å². The topological polar surface area (TPSA) is 160 Å². The first-order chi connectivity index (χ1) is 18.2. The zero-order chi connectivity index (χ0) is 27.1. The van der Waals surface area contributed by atoms with Gasteiger partial charge >= 0.3 is 0 Å². The third-order valence-electron chi connectivity index (χ3n) is 5.14. The summed E-state index contributed by atoms with van der Waals surface area (Å²) in [6.07, 6.45) is 0. The van der Waals surface area contributed by atoms with Gasteiger partial charge in [0.2, 0.25) is 27.0 Å². The number of rotatable bonds is 9. The number of sulfonamides is 1. The van der Waals surface area contributed by atoms with Gasteiger partial charge in [0.1, 0.15) is 0 Å². The molecule has 12 nitrogen and oxygen atoms in total. The zero-order valence-corrected chi connectivity index (χ0v) is 22.6. The monoisotopic (exact) mass is 576 g/mol. The van der Waals surface area contributed by atoms with Crippen LogP contribution in [0.15, 0.2) is 57.8 Å². The first kappa shape index (κ1) is 27.7. The Labute approximate surface area is 227 Å². The molecular weight excluding hydrogens is 552 g/mol. The summed E-state index contributed by atoms with van der Waals surface area (Å²) < 4.78 is 32.5. The molecule has 4 rings (SSSR count). The molecule has 0 unspecified atom stereocenters. The van der Waals surface area contributed by atoms with Gasteiger partial charge in [-0.1, -0.05) is 29.2 Å². The maximum absolute atomic E-state index is 12.7. The first-order valence-electron chi connectivity index (χ1n) is 11.3. The second-order valence-electron chi connectivity index (χ2n) is 7.97. The lowest BCUT2D eigenvalue weighted by molar-refractivity contribution is -0.114. The van der Waals surface area contributed by atoms with Gasteiger partial charge < -0.3 is 15.4 Å². The van der Waals surface area contributed by atoms with Gasteiger partial charge in [-0.2, -0.15) is 4.31 Å². The predicted molar refractivity (Wildman–Crippen MR) is 144 cm³/mol. The number of thioether (sulfide) groups is 1. The van der Waals surface area contributed by atoms with E-state index < -0.39 is 15.9 Å². The number of carbonyl (C=O) groups is 3. The van der Waals surface area contributed by atoms with E-state index in [4.69, 9.17) is 4.74 Å². The van der Waals surface area contributed by atoms with E-state index in [1.807, 2.05) is 0 Å². The molecule has 0 saturated carbocycles. The number of carbonyl (C=O) groups excluding carboxylic acids is 3. The summed E-state index contributed by atoms with van der Waals surface area (Å²) in [7, 11) is -3.65. The van der Waals surface area contributed by atoms with Gasteiger partial charge in [-0.25, -0.2) is 8.42 Å². The van der Waals surface area contributed by atoms with Crippen molar-refractivity contribution in [3.8, 4) is 0 Å². The quantitative estimate of drug-likeness (QED) is 0.257. The minimum Gasteiger partial charge on any atom is -0.379 e. The zero-order valence-electron chi connectivity index (χ0n) is 20.2. The average molecular weight is 577 g/mol. The van der Waals surface area contributed by atoms with E-state index in [1.54, 1.807) is 24.3 Å². The molecule has 1 aliphatic heterocycles. The molecule has 15 heteroatoms. The molecule has 200 valence electrons. The lowest BCUT2D eigenvalue weighted by Gasteiger charge is -2.26. The molecule has 1 aromatic heterocycles. The number of hydrogen-bond donors (Lipinski definition) is 3. The maximum Gasteiger partial charge on any atom is 0.257 e. The van der Waals surface area contributed by atoms with Crippen LogP contribution in [0.2, 0.25) is 0 Å². The largest absolute Gasteiger partial charge is 0.379 e. The van der Waals surface area contributed by atoms with E-state index in [0.717, 1.165) is 23.1 Å². The van der Waals surface area contributed by atoms with Crippen molar-refractivity contribution in [3.05, 3.63) is 54.1 Å². The Bertz CT molecular complexity index is 1420. The summed E-state index contributed by atoms with van der Waals surface area (Å²) in [6, 6.07) is 12.4. The molecule has 1 aliphatic rings. The summed E-state index contributed by atoms with van der Waals surface area (Å²) in [5, 5.41) is 16.2. The fraction of sp³-hybridized carbons (Fsp3) is 0.261. The molecule has 0 spiro atoms. The number of benzene rings is 2. The highest BCUT2D eigenvalue weighted by Crippen LogP contribution is 2.26. The smallest absolute Gasteiger partial charge is 0.257 e. The minimum atomic E-state index is -3.65. The van der Waals surface area contributed by atoms with Gasteiger partial charge in [-0.05, 0) is 42.5 Å². The molecule has 0 bridgehead atoms. The van der Waals surface area contributed by atoms with Crippen molar-refractivity contribution < 1.29 is 27.5 Å². The standard InChI is InChI=1S/C23H24N6O6S3/c1-15(30)24-17-3-2-4-18(13-17)25-20(31)14-36-23-28-27-22(37-23)26-21(32)16-5-7-19(8-6-16)38(33,34)29-9-11-35-12-10-29/h2-8,13H,9-12,14H2,1H3,(H,24,30)(H,25,31)(H,26,27,32). The fourth-order valence-corrected chi connectivity index (χ4v) is 6.36. The predicted octanol–water partition coefficient (Wildman–Crippen LogP) is 2.50. The number of nitrogens with zero attached hydrogens (tertiary/aromatic N) is 3. The number of morpholine rings is 1. The number of ether oxygens (including phenoxy) is 1. The van der Waals surface area contributed by atoms with Crippen LogP contribution in [0, 0.1) is 0 Å². The molecule has 0 radical (unpaired) electrons. The van der Waals surface area contributed by atoms with Crippen molar-refractivity contribution in [2.75, 3.05) is 48.0 Å².